The molecule has 0 radical (unpaired) electrons. The molecule has 3 aromatic rings. The van der Waals surface area contributed by atoms with E-state index in [1.807, 2.05) is 0 Å². The van der Waals surface area contributed by atoms with Crippen LogP contribution in [0.15, 0.2) is 36.4 Å². The molecule has 0 bridgehead atoms. The number of carbonyl (C=O) groups excluding carboxylic acids is 2. The molecule has 0 aromatic heterocycles. The highest BCUT2D eigenvalue weighted by molar-refractivity contribution is 6.32. The maximum atomic E-state index is 11.8. The molecule has 30 heavy (non-hydrogen) atoms. The van der Waals surface area contributed by atoms with Crippen molar-refractivity contribution in [3.63, 3.8) is 0 Å². The Morgan fingerprint density at radius 1 is 0.700 bits per heavy atom. The van der Waals surface area contributed by atoms with Crippen LogP contribution in [0.2, 0.25) is 10.0 Å². The molecule has 0 saturated carbocycles. The number of ether oxygens (including phenoxy) is 4. The van der Waals surface area contributed by atoms with E-state index < -0.39 is 11.9 Å². The van der Waals surface area contributed by atoms with Crippen LogP contribution >= 0.6 is 23.2 Å². The van der Waals surface area contributed by atoms with Gasteiger partial charge >= 0.3 is 11.9 Å². The van der Waals surface area contributed by atoms with Gasteiger partial charge < -0.3 is 18.9 Å². The third-order valence-electron chi connectivity index (χ3n) is 4.22. The fourth-order valence-electron chi connectivity index (χ4n) is 3.07. The van der Waals surface area contributed by atoms with Gasteiger partial charge in [0.05, 0.1) is 13.2 Å². The molecule has 3 rings (SSSR count). The molecule has 0 aliphatic rings. The number of hydrogen-bond donors (Lipinski definition) is 0. The quantitative estimate of drug-likeness (QED) is 0.347. The Bertz CT molecular complexity index is 1010. The molecule has 0 atom stereocenters. The second-order valence-corrected chi connectivity index (χ2v) is 7.10. The van der Waals surface area contributed by atoms with Gasteiger partial charge in [0.15, 0.2) is 13.2 Å². The van der Waals surface area contributed by atoms with Crippen LogP contribution in [0.25, 0.3) is 21.5 Å². The van der Waals surface area contributed by atoms with Crippen molar-refractivity contribution in [2.45, 2.75) is 13.8 Å². The number of fused-ring (bicyclic) bond motifs is 2. The lowest BCUT2D eigenvalue weighted by Gasteiger charge is -2.18. The van der Waals surface area contributed by atoms with Gasteiger partial charge in [0.2, 0.25) is 0 Å². The predicted octanol–water partition coefficient (Wildman–Crippen LogP) is 5.18. The third-order valence-corrected chi connectivity index (χ3v) is 4.69. The van der Waals surface area contributed by atoms with E-state index >= 15 is 0 Å². The van der Waals surface area contributed by atoms with Crippen molar-refractivity contribution < 1.29 is 28.5 Å². The number of rotatable bonds is 8. The summed E-state index contributed by atoms with van der Waals surface area (Å²) in [5.41, 5.74) is 0. The van der Waals surface area contributed by atoms with E-state index in [9.17, 15) is 9.59 Å². The zero-order valence-electron chi connectivity index (χ0n) is 16.5. The summed E-state index contributed by atoms with van der Waals surface area (Å²) in [6.45, 7) is 3.42. The first kappa shape index (κ1) is 22.0. The van der Waals surface area contributed by atoms with Gasteiger partial charge in [0.1, 0.15) is 11.5 Å². The van der Waals surface area contributed by atoms with Crippen molar-refractivity contribution in [1.82, 2.24) is 0 Å². The Morgan fingerprint density at radius 3 is 1.47 bits per heavy atom. The second kappa shape index (κ2) is 9.87. The predicted molar refractivity (Wildman–Crippen MR) is 116 cm³/mol. The standard InChI is InChI=1S/C22H20Cl2O6/c1-3-27-19(25)11-29-21-15-7-5-14(24)10-18(15)22(30-12-20(26)28-4-2)16-8-6-13(23)9-17(16)21/h5-10H,3-4,11-12H2,1-2H3. The van der Waals surface area contributed by atoms with Crippen molar-refractivity contribution in [2.24, 2.45) is 0 Å². The summed E-state index contributed by atoms with van der Waals surface area (Å²) in [6.07, 6.45) is 0. The van der Waals surface area contributed by atoms with Crippen molar-refractivity contribution in [3.8, 4) is 11.5 Å². The summed E-state index contributed by atoms with van der Waals surface area (Å²) in [5.74, 6) is -0.0960. The summed E-state index contributed by atoms with van der Waals surface area (Å²) in [4.78, 5) is 23.7. The minimum Gasteiger partial charge on any atom is -0.481 e. The van der Waals surface area contributed by atoms with E-state index in [0.717, 1.165) is 0 Å². The van der Waals surface area contributed by atoms with Crippen molar-refractivity contribution in [1.29, 1.82) is 0 Å². The lowest BCUT2D eigenvalue weighted by atomic mass is 10.0. The van der Waals surface area contributed by atoms with E-state index in [4.69, 9.17) is 42.1 Å². The van der Waals surface area contributed by atoms with Crippen molar-refractivity contribution in [2.75, 3.05) is 26.4 Å². The molecular formula is C22H20Cl2O6. The molecule has 0 saturated heterocycles. The molecule has 3 aromatic carbocycles. The SMILES string of the molecule is CCOC(=O)COc1c2ccc(Cl)cc2c(OCC(=O)OCC)c2ccc(Cl)cc12. The van der Waals surface area contributed by atoms with Crippen molar-refractivity contribution >= 4 is 56.7 Å². The van der Waals surface area contributed by atoms with Crippen LogP contribution in [0, 0.1) is 0 Å². The Kier molecular flexibility index (Phi) is 7.24. The topological polar surface area (TPSA) is 71.1 Å². The van der Waals surface area contributed by atoms with Crippen molar-refractivity contribution in [3.05, 3.63) is 46.4 Å². The Morgan fingerprint density at radius 2 is 1.10 bits per heavy atom. The van der Waals surface area contributed by atoms with Crippen LogP contribution in [0.5, 0.6) is 11.5 Å². The van der Waals surface area contributed by atoms with E-state index in [0.29, 0.717) is 43.1 Å². The van der Waals surface area contributed by atoms with E-state index in [1.54, 1.807) is 50.2 Å². The first-order valence-corrected chi connectivity index (χ1v) is 10.1. The molecule has 6 nitrogen and oxygen atoms in total. The van der Waals surface area contributed by atoms with Gasteiger partial charge in [0, 0.05) is 31.6 Å². The van der Waals surface area contributed by atoms with Gasteiger partial charge in [-0.3, -0.25) is 0 Å². The van der Waals surface area contributed by atoms with Crippen LogP contribution in [0.3, 0.4) is 0 Å². The summed E-state index contributed by atoms with van der Waals surface area (Å²) in [6, 6.07) is 10.3. The molecule has 0 aliphatic heterocycles. The number of halogens is 2. The minimum absolute atomic E-state index is 0.256. The molecule has 0 fully saturated rings. The molecule has 0 unspecified atom stereocenters. The monoisotopic (exact) mass is 450 g/mol. The van der Waals surface area contributed by atoms with Crippen LogP contribution in [-0.4, -0.2) is 38.4 Å². The van der Waals surface area contributed by atoms with E-state index in [1.165, 1.54) is 0 Å². The lowest BCUT2D eigenvalue weighted by molar-refractivity contribution is -0.146. The summed E-state index contributed by atoms with van der Waals surface area (Å²) in [7, 11) is 0. The van der Waals surface area contributed by atoms with Gasteiger partial charge in [-0.1, -0.05) is 23.2 Å². The highest BCUT2D eigenvalue weighted by Gasteiger charge is 2.19. The van der Waals surface area contributed by atoms with Gasteiger partial charge in [-0.15, -0.1) is 0 Å². The van der Waals surface area contributed by atoms with Gasteiger partial charge in [-0.2, -0.15) is 0 Å². The largest absolute Gasteiger partial charge is 0.481 e. The summed E-state index contributed by atoms with van der Waals surface area (Å²) < 4.78 is 21.6. The molecule has 0 aliphatic carbocycles. The maximum absolute atomic E-state index is 11.8. The summed E-state index contributed by atoms with van der Waals surface area (Å²) in [5, 5.41) is 3.51. The average molecular weight is 451 g/mol. The van der Waals surface area contributed by atoms with Crippen LogP contribution in [0.1, 0.15) is 13.8 Å². The van der Waals surface area contributed by atoms with E-state index in [-0.39, 0.29) is 26.4 Å². The smallest absolute Gasteiger partial charge is 0.344 e. The molecule has 0 heterocycles. The number of carbonyl (C=O) groups is 2. The number of benzene rings is 3. The van der Waals surface area contributed by atoms with Gasteiger partial charge in [-0.25, -0.2) is 9.59 Å². The first-order chi connectivity index (χ1) is 14.4. The second-order valence-electron chi connectivity index (χ2n) is 6.23. The normalized spacial score (nSPS) is 10.8. The Balaban J connectivity index is 2.17. The lowest BCUT2D eigenvalue weighted by Crippen LogP contribution is -2.16. The highest BCUT2D eigenvalue weighted by atomic mass is 35.5. The fourth-order valence-corrected chi connectivity index (χ4v) is 3.42. The minimum atomic E-state index is -0.488. The summed E-state index contributed by atoms with van der Waals surface area (Å²) >= 11 is 12.4. The Labute approximate surface area is 183 Å². The van der Waals surface area contributed by atoms with Gasteiger partial charge in [0.25, 0.3) is 0 Å². The zero-order chi connectivity index (χ0) is 21.7. The van der Waals surface area contributed by atoms with Crippen LogP contribution < -0.4 is 9.47 Å². The molecular weight excluding hydrogens is 431 g/mol. The molecule has 0 amide bonds. The van der Waals surface area contributed by atoms with E-state index in [2.05, 4.69) is 0 Å². The highest BCUT2D eigenvalue weighted by Crippen LogP contribution is 2.44. The van der Waals surface area contributed by atoms with Gasteiger partial charge in [-0.05, 0) is 50.2 Å². The third kappa shape index (κ3) is 4.89. The first-order valence-electron chi connectivity index (χ1n) is 9.35. The average Bonchev–Trinajstić information content (AvgIpc) is 2.71. The fraction of sp³-hybridized carbons (Fsp3) is 0.273. The zero-order valence-corrected chi connectivity index (χ0v) is 18.0. The van der Waals surface area contributed by atoms with Crippen LogP contribution in [0.4, 0.5) is 0 Å². The molecule has 0 spiro atoms. The molecule has 158 valence electrons. The van der Waals surface area contributed by atoms with Crippen LogP contribution in [-0.2, 0) is 19.1 Å². The number of esters is 2. The molecule has 0 N–H and O–H groups in total. The maximum Gasteiger partial charge on any atom is 0.344 e. The Hall–Kier alpha value is -2.70. The number of hydrogen-bond acceptors (Lipinski definition) is 6. The molecule has 8 heteroatoms.